The van der Waals surface area contributed by atoms with Gasteiger partial charge in [0.05, 0.1) is 5.39 Å². The molecule has 0 radical (unpaired) electrons. The smallest absolute Gasteiger partial charge is 0.256 e. The molecule has 126 valence electrons. The molecular formula is C18H22N4O2. The maximum absolute atomic E-state index is 12.6. The SMILES string of the molecule is Cc1ccc2c(=O)c(C(=O)NC3C[C@H]4CC[C@@H](C3)N4C)c[nH]c2n1. The second kappa shape index (κ2) is 5.70. The number of piperidine rings is 1. The minimum atomic E-state index is -0.285. The van der Waals surface area contributed by atoms with E-state index >= 15 is 0 Å². The number of carbonyl (C=O) groups is 1. The van der Waals surface area contributed by atoms with E-state index in [2.05, 4.69) is 27.2 Å². The lowest BCUT2D eigenvalue weighted by Gasteiger charge is -2.36. The summed E-state index contributed by atoms with van der Waals surface area (Å²) in [7, 11) is 2.17. The summed E-state index contributed by atoms with van der Waals surface area (Å²) >= 11 is 0. The fourth-order valence-electron chi connectivity index (χ4n) is 4.16. The standard InChI is InChI=1S/C18H22N4O2/c1-10-3-6-14-16(23)15(9-19-17(14)20-10)18(24)21-11-7-12-4-5-13(8-11)22(12)2/h3,6,9,11-13H,4-5,7-8H2,1-2H3,(H,21,24)(H,19,20,23)/t11?,12-,13+. The molecule has 4 heterocycles. The molecule has 6 nitrogen and oxygen atoms in total. The second-order valence-corrected chi connectivity index (χ2v) is 7.07. The molecule has 2 aliphatic rings. The lowest BCUT2D eigenvalue weighted by atomic mass is 9.97. The minimum absolute atomic E-state index is 0.150. The summed E-state index contributed by atoms with van der Waals surface area (Å²) in [5.74, 6) is -0.285. The van der Waals surface area contributed by atoms with Crippen LogP contribution >= 0.6 is 0 Å². The summed E-state index contributed by atoms with van der Waals surface area (Å²) in [6.07, 6.45) is 5.82. The average molecular weight is 326 g/mol. The Hall–Kier alpha value is -2.21. The second-order valence-electron chi connectivity index (χ2n) is 7.07. The van der Waals surface area contributed by atoms with Crippen LogP contribution in [-0.2, 0) is 0 Å². The third kappa shape index (κ3) is 2.51. The summed E-state index contributed by atoms with van der Waals surface area (Å²) in [6, 6.07) is 4.77. The Labute approximate surface area is 140 Å². The normalized spacial score (nSPS) is 26.7. The van der Waals surface area contributed by atoms with Crippen LogP contribution in [0.1, 0.15) is 41.7 Å². The quantitative estimate of drug-likeness (QED) is 0.878. The maximum Gasteiger partial charge on any atom is 0.256 e. The van der Waals surface area contributed by atoms with E-state index in [-0.39, 0.29) is 22.9 Å². The fourth-order valence-corrected chi connectivity index (χ4v) is 4.16. The highest BCUT2D eigenvalue weighted by molar-refractivity contribution is 5.96. The molecule has 0 aliphatic carbocycles. The van der Waals surface area contributed by atoms with Gasteiger partial charge >= 0.3 is 0 Å². The van der Waals surface area contributed by atoms with Gasteiger partial charge in [-0.15, -0.1) is 0 Å². The molecule has 1 unspecified atom stereocenters. The van der Waals surface area contributed by atoms with E-state index < -0.39 is 0 Å². The van der Waals surface area contributed by atoms with Crippen LogP contribution in [0, 0.1) is 6.92 Å². The van der Waals surface area contributed by atoms with E-state index in [0.29, 0.717) is 23.1 Å². The van der Waals surface area contributed by atoms with Gasteiger partial charge < -0.3 is 15.2 Å². The zero-order valence-corrected chi connectivity index (χ0v) is 14.0. The first kappa shape index (κ1) is 15.3. The predicted octanol–water partition coefficient (Wildman–Crippen LogP) is 1.59. The molecule has 6 heteroatoms. The van der Waals surface area contributed by atoms with Gasteiger partial charge in [-0.3, -0.25) is 9.59 Å². The van der Waals surface area contributed by atoms with E-state index in [1.807, 2.05) is 6.92 Å². The Bertz CT molecular complexity index is 846. The molecule has 2 fully saturated rings. The van der Waals surface area contributed by atoms with Crippen molar-refractivity contribution in [2.24, 2.45) is 0 Å². The van der Waals surface area contributed by atoms with Crippen molar-refractivity contribution in [3.8, 4) is 0 Å². The van der Waals surface area contributed by atoms with Crippen LogP contribution < -0.4 is 10.7 Å². The Morgan fingerprint density at radius 1 is 1.29 bits per heavy atom. The van der Waals surface area contributed by atoms with E-state index in [1.165, 1.54) is 19.0 Å². The number of aromatic amines is 1. The van der Waals surface area contributed by atoms with Crippen molar-refractivity contribution in [3.63, 3.8) is 0 Å². The number of pyridine rings is 2. The molecule has 2 aromatic heterocycles. The number of aryl methyl sites for hydroxylation is 1. The monoisotopic (exact) mass is 326 g/mol. The lowest BCUT2D eigenvalue weighted by Crippen LogP contribution is -2.49. The van der Waals surface area contributed by atoms with Gasteiger partial charge in [-0.05, 0) is 51.8 Å². The summed E-state index contributed by atoms with van der Waals surface area (Å²) in [4.78, 5) is 34.9. The number of rotatable bonds is 2. The Morgan fingerprint density at radius 3 is 2.71 bits per heavy atom. The molecule has 2 bridgehead atoms. The van der Waals surface area contributed by atoms with Crippen LogP contribution in [-0.4, -0.2) is 45.9 Å². The first-order valence-electron chi connectivity index (χ1n) is 8.55. The van der Waals surface area contributed by atoms with Crippen LogP contribution in [0.5, 0.6) is 0 Å². The van der Waals surface area contributed by atoms with Gasteiger partial charge in [0.25, 0.3) is 5.91 Å². The first-order valence-corrected chi connectivity index (χ1v) is 8.55. The van der Waals surface area contributed by atoms with Crippen molar-refractivity contribution in [2.45, 2.75) is 50.7 Å². The first-order chi connectivity index (χ1) is 11.5. The van der Waals surface area contributed by atoms with Crippen molar-refractivity contribution in [2.75, 3.05) is 7.05 Å². The zero-order valence-electron chi connectivity index (χ0n) is 14.0. The van der Waals surface area contributed by atoms with Gasteiger partial charge in [0.1, 0.15) is 11.2 Å². The zero-order chi connectivity index (χ0) is 16.8. The van der Waals surface area contributed by atoms with Gasteiger partial charge in [-0.25, -0.2) is 4.98 Å². The van der Waals surface area contributed by atoms with Gasteiger partial charge in [0.15, 0.2) is 0 Å². The van der Waals surface area contributed by atoms with E-state index in [9.17, 15) is 9.59 Å². The van der Waals surface area contributed by atoms with Crippen LogP contribution in [0.25, 0.3) is 11.0 Å². The van der Waals surface area contributed by atoms with E-state index in [0.717, 1.165) is 18.5 Å². The van der Waals surface area contributed by atoms with E-state index in [4.69, 9.17) is 0 Å². The number of carbonyl (C=O) groups excluding carboxylic acids is 1. The van der Waals surface area contributed by atoms with Gasteiger partial charge in [0, 0.05) is 30.0 Å². The molecular weight excluding hydrogens is 304 g/mol. The third-order valence-corrected chi connectivity index (χ3v) is 5.56. The number of nitrogens with one attached hydrogen (secondary N) is 2. The molecule has 1 amide bonds. The number of amides is 1. The summed E-state index contributed by atoms with van der Waals surface area (Å²) < 4.78 is 0. The topological polar surface area (TPSA) is 78.1 Å². The summed E-state index contributed by atoms with van der Waals surface area (Å²) in [6.45, 7) is 1.87. The number of hydrogen-bond acceptors (Lipinski definition) is 4. The molecule has 24 heavy (non-hydrogen) atoms. The number of nitrogens with zero attached hydrogens (tertiary/aromatic N) is 2. The van der Waals surface area contributed by atoms with E-state index in [1.54, 1.807) is 12.1 Å². The van der Waals surface area contributed by atoms with Crippen molar-refractivity contribution in [1.29, 1.82) is 0 Å². The maximum atomic E-state index is 12.6. The largest absolute Gasteiger partial charge is 0.349 e. The molecule has 0 aromatic carbocycles. The molecule has 3 atom stereocenters. The third-order valence-electron chi connectivity index (χ3n) is 5.56. The highest BCUT2D eigenvalue weighted by Gasteiger charge is 2.39. The molecule has 0 saturated carbocycles. The van der Waals surface area contributed by atoms with Crippen molar-refractivity contribution in [1.82, 2.24) is 20.2 Å². The van der Waals surface area contributed by atoms with Crippen LogP contribution in [0.3, 0.4) is 0 Å². The lowest BCUT2D eigenvalue weighted by molar-refractivity contribution is 0.0881. The Balaban J connectivity index is 1.57. The Morgan fingerprint density at radius 2 is 2.00 bits per heavy atom. The van der Waals surface area contributed by atoms with Crippen molar-refractivity contribution in [3.05, 3.63) is 39.8 Å². The summed E-state index contributed by atoms with van der Waals surface area (Å²) in [5.41, 5.74) is 1.26. The van der Waals surface area contributed by atoms with Gasteiger partial charge in [-0.1, -0.05) is 0 Å². The average Bonchev–Trinajstić information content (AvgIpc) is 2.77. The molecule has 4 rings (SSSR count). The number of aromatic nitrogens is 2. The number of hydrogen-bond donors (Lipinski definition) is 2. The minimum Gasteiger partial charge on any atom is -0.349 e. The molecule has 2 aromatic rings. The molecule has 0 spiro atoms. The number of H-pyrrole nitrogens is 1. The molecule has 2 aliphatic heterocycles. The van der Waals surface area contributed by atoms with Gasteiger partial charge in [0.2, 0.25) is 5.43 Å². The van der Waals surface area contributed by atoms with Crippen LogP contribution in [0.4, 0.5) is 0 Å². The summed E-state index contributed by atoms with van der Waals surface area (Å²) in [5, 5.41) is 3.52. The van der Waals surface area contributed by atoms with Crippen LogP contribution in [0.2, 0.25) is 0 Å². The fraction of sp³-hybridized carbons (Fsp3) is 0.500. The van der Waals surface area contributed by atoms with Gasteiger partial charge in [-0.2, -0.15) is 0 Å². The highest BCUT2D eigenvalue weighted by Crippen LogP contribution is 2.34. The predicted molar refractivity (Wildman–Crippen MR) is 92.2 cm³/mol. The highest BCUT2D eigenvalue weighted by atomic mass is 16.2. The van der Waals surface area contributed by atoms with Crippen LogP contribution in [0.15, 0.2) is 23.1 Å². The Kier molecular flexibility index (Phi) is 3.64. The van der Waals surface area contributed by atoms with Crippen molar-refractivity contribution >= 4 is 16.9 Å². The van der Waals surface area contributed by atoms with Crippen molar-refractivity contribution < 1.29 is 4.79 Å². The molecule has 2 saturated heterocycles. The molecule has 2 N–H and O–H groups in total. The number of fused-ring (bicyclic) bond motifs is 3.